The van der Waals surface area contributed by atoms with E-state index in [0.29, 0.717) is 43.5 Å². The third kappa shape index (κ3) is 17.0. The molecule has 51 heavy (non-hydrogen) atoms. The molecular weight excluding hydrogens is 685 g/mol. The SMILES string of the molecule is C=C(N)/N=C(\C(N=CCC(O)C(O)C(COP(=O)(N[C@@H](CC(C)C)C(=O)OCC)N[C@@H](CC(C)C)C(=O)OCC)OC)=C(/C)N)N1CCOCC1. The van der Waals surface area contributed by atoms with Crippen molar-refractivity contribution in [2.45, 2.75) is 98.1 Å². The zero-order valence-corrected chi connectivity index (χ0v) is 32.4. The number of carbonyl (C=O) groups is 2. The number of hydrogen-bond acceptors (Lipinski definition) is 14. The van der Waals surface area contributed by atoms with Crippen LogP contribution in [0.3, 0.4) is 0 Å². The normalized spacial score (nSPS) is 18.0. The van der Waals surface area contributed by atoms with Crippen LogP contribution in [0.4, 0.5) is 0 Å². The van der Waals surface area contributed by atoms with E-state index in [2.05, 4.69) is 26.7 Å². The topological polar surface area (TPSA) is 242 Å². The van der Waals surface area contributed by atoms with Gasteiger partial charge in [-0.3, -0.25) is 19.1 Å². The van der Waals surface area contributed by atoms with Gasteiger partial charge < -0.3 is 50.1 Å². The van der Waals surface area contributed by atoms with Crippen LogP contribution in [0.5, 0.6) is 0 Å². The van der Waals surface area contributed by atoms with Crippen molar-refractivity contribution in [2.75, 3.05) is 53.2 Å². The van der Waals surface area contributed by atoms with Gasteiger partial charge in [-0.1, -0.05) is 34.3 Å². The summed E-state index contributed by atoms with van der Waals surface area (Å²) in [7, 11) is -3.00. The van der Waals surface area contributed by atoms with E-state index < -0.39 is 56.6 Å². The van der Waals surface area contributed by atoms with E-state index in [1.807, 2.05) is 32.6 Å². The maximum atomic E-state index is 14.5. The van der Waals surface area contributed by atoms with Crippen molar-refractivity contribution in [3.05, 3.63) is 23.8 Å². The third-order valence-corrected chi connectivity index (χ3v) is 9.24. The van der Waals surface area contributed by atoms with Gasteiger partial charge in [-0.25, -0.2) is 15.2 Å². The minimum absolute atomic E-state index is 0.00834. The van der Waals surface area contributed by atoms with Crippen LogP contribution in [0.25, 0.3) is 0 Å². The molecule has 17 nitrogen and oxygen atoms in total. The molecule has 3 unspecified atom stereocenters. The Bertz CT molecular complexity index is 1200. The second-order valence-electron chi connectivity index (χ2n) is 12.9. The smallest absolute Gasteiger partial charge is 0.342 e. The van der Waals surface area contributed by atoms with Gasteiger partial charge in [0.1, 0.15) is 35.8 Å². The van der Waals surface area contributed by atoms with Gasteiger partial charge in [-0.2, -0.15) is 0 Å². The molecule has 1 heterocycles. The summed E-state index contributed by atoms with van der Waals surface area (Å²) in [6.45, 7) is 17.8. The number of aliphatic hydroxyl groups is 2. The number of ether oxygens (including phenoxy) is 4. The molecule has 0 saturated carbocycles. The van der Waals surface area contributed by atoms with Gasteiger partial charge in [-0.05, 0) is 45.4 Å². The Kier molecular flexibility index (Phi) is 21.4. The molecule has 1 fully saturated rings. The van der Waals surface area contributed by atoms with Gasteiger partial charge in [0.15, 0.2) is 5.84 Å². The second kappa shape index (κ2) is 23.6. The fraction of sp³-hybridized carbons (Fsp3) is 0.758. The number of aliphatic imine (C=N–C) groups is 2. The maximum absolute atomic E-state index is 14.5. The van der Waals surface area contributed by atoms with Gasteiger partial charge >= 0.3 is 19.6 Å². The Morgan fingerprint density at radius 2 is 1.51 bits per heavy atom. The van der Waals surface area contributed by atoms with Gasteiger partial charge in [0.25, 0.3) is 0 Å². The number of nitrogens with two attached hydrogens (primary N) is 2. The number of esters is 2. The number of methoxy groups -OCH3 is 1. The summed E-state index contributed by atoms with van der Waals surface area (Å²) >= 11 is 0. The Hall–Kier alpha value is -2.89. The van der Waals surface area contributed by atoms with Crippen molar-refractivity contribution < 1.29 is 47.8 Å². The molecule has 0 aliphatic carbocycles. The van der Waals surface area contributed by atoms with Crippen molar-refractivity contribution in [3.8, 4) is 0 Å². The molecule has 0 aromatic heterocycles. The van der Waals surface area contributed by atoms with Crippen LogP contribution in [0.2, 0.25) is 0 Å². The van der Waals surface area contributed by atoms with E-state index >= 15 is 0 Å². The van der Waals surface area contributed by atoms with E-state index in [-0.39, 0.29) is 50.1 Å². The van der Waals surface area contributed by atoms with Crippen molar-refractivity contribution in [1.82, 2.24) is 15.1 Å². The standard InChI is InChI=1S/C33H62N7O10P/c1-10-48-32(43)25(18-21(3)4)38-51(45,39-26(19-22(5)6)33(44)49-11-2)50-20-28(46-9)30(42)27(41)12-13-36-29(23(7)34)31(37-24(8)35)40-14-16-47-17-15-40/h13,21-22,25-28,30,41-42H,8,10-12,14-20,34-35H2,1-7,9H3,(H2,38,39,45)/b29-23-,36-13?,37-31+/t25-,26-,27?,28?,30?/m0/s1. The zero-order valence-electron chi connectivity index (χ0n) is 31.5. The molecular formula is C33H62N7O10P. The highest BCUT2D eigenvalue weighted by Crippen LogP contribution is 2.41. The fourth-order valence-electron chi connectivity index (χ4n) is 5.00. The number of carbonyl (C=O) groups excluding carboxylic acids is 2. The summed E-state index contributed by atoms with van der Waals surface area (Å²) in [4.78, 5) is 36.5. The monoisotopic (exact) mass is 747 g/mol. The van der Waals surface area contributed by atoms with Crippen LogP contribution < -0.4 is 21.6 Å². The van der Waals surface area contributed by atoms with E-state index in [4.69, 9.17) is 34.9 Å². The van der Waals surface area contributed by atoms with E-state index in [9.17, 15) is 24.4 Å². The first kappa shape index (κ1) is 46.1. The molecule has 0 aromatic rings. The Morgan fingerprint density at radius 3 is 1.92 bits per heavy atom. The molecule has 1 aliphatic rings. The average Bonchev–Trinajstić information content (AvgIpc) is 3.05. The Labute approximate surface area is 302 Å². The molecule has 1 saturated heterocycles. The lowest BCUT2D eigenvalue weighted by atomic mass is 10.1. The molecule has 294 valence electrons. The third-order valence-electron chi connectivity index (χ3n) is 7.42. The van der Waals surface area contributed by atoms with E-state index in [1.54, 1.807) is 20.8 Å². The first-order chi connectivity index (χ1) is 24.0. The summed E-state index contributed by atoms with van der Waals surface area (Å²) in [5, 5.41) is 27.6. The largest absolute Gasteiger partial charge is 0.465 e. The number of aliphatic hydroxyl groups excluding tert-OH is 2. The molecule has 0 bridgehead atoms. The minimum Gasteiger partial charge on any atom is -0.465 e. The van der Waals surface area contributed by atoms with Crippen LogP contribution >= 0.6 is 7.67 Å². The number of hydrogen-bond donors (Lipinski definition) is 6. The van der Waals surface area contributed by atoms with Crippen LogP contribution in [0, 0.1) is 11.8 Å². The van der Waals surface area contributed by atoms with Gasteiger partial charge in [0.2, 0.25) is 0 Å². The van der Waals surface area contributed by atoms with Crippen LogP contribution in [0.15, 0.2) is 33.8 Å². The number of allylic oxidation sites excluding steroid dienone is 1. The zero-order chi connectivity index (χ0) is 38.7. The molecule has 0 radical (unpaired) electrons. The molecule has 8 N–H and O–H groups in total. The minimum atomic E-state index is -4.28. The van der Waals surface area contributed by atoms with Crippen molar-refractivity contribution >= 4 is 31.7 Å². The molecule has 5 atom stereocenters. The number of amidine groups is 1. The van der Waals surface area contributed by atoms with Gasteiger partial charge in [0, 0.05) is 38.5 Å². The van der Waals surface area contributed by atoms with E-state index in [0.717, 1.165) is 0 Å². The second-order valence-corrected chi connectivity index (χ2v) is 14.8. The van der Waals surface area contributed by atoms with Crippen molar-refractivity contribution in [2.24, 2.45) is 33.3 Å². The molecule has 1 aliphatic heterocycles. The van der Waals surface area contributed by atoms with Gasteiger partial charge in [-0.15, -0.1) is 0 Å². The predicted molar refractivity (Wildman–Crippen MR) is 196 cm³/mol. The fourth-order valence-corrected chi connectivity index (χ4v) is 6.82. The highest BCUT2D eigenvalue weighted by Gasteiger charge is 2.38. The van der Waals surface area contributed by atoms with Crippen molar-refractivity contribution in [1.29, 1.82) is 0 Å². The predicted octanol–water partition coefficient (Wildman–Crippen LogP) is 1.79. The highest BCUT2D eigenvalue weighted by atomic mass is 31.2. The Balaban J connectivity index is 3.28. The summed E-state index contributed by atoms with van der Waals surface area (Å²) < 4.78 is 41.6. The summed E-state index contributed by atoms with van der Waals surface area (Å²) in [6, 6.07) is -2.12. The number of nitrogens with one attached hydrogen (secondary N) is 2. The van der Waals surface area contributed by atoms with Crippen LogP contribution in [-0.4, -0.2) is 123 Å². The number of morpholine rings is 1. The molecule has 18 heteroatoms. The number of nitrogens with zero attached hydrogens (tertiary/aromatic N) is 3. The first-order valence-corrected chi connectivity index (χ1v) is 19.0. The molecule has 1 rings (SSSR count). The van der Waals surface area contributed by atoms with Gasteiger partial charge in [0.05, 0.1) is 39.1 Å². The lowest BCUT2D eigenvalue weighted by Gasteiger charge is -2.31. The quantitative estimate of drug-likeness (QED) is 0.0378. The summed E-state index contributed by atoms with van der Waals surface area (Å²) in [5.74, 6) is -0.860. The molecule has 0 amide bonds. The summed E-state index contributed by atoms with van der Waals surface area (Å²) in [5.41, 5.74) is 12.6. The Morgan fingerprint density at radius 1 is 1.00 bits per heavy atom. The average molecular weight is 748 g/mol. The first-order valence-electron chi connectivity index (χ1n) is 17.4. The van der Waals surface area contributed by atoms with Crippen LogP contribution in [-0.2, 0) is 37.6 Å². The highest BCUT2D eigenvalue weighted by molar-refractivity contribution is 7.54. The maximum Gasteiger partial charge on any atom is 0.342 e. The van der Waals surface area contributed by atoms with Crippen molar-refractivity contribution in [3.63, 3.8) is 0 Å². The van der Waals surface area contributed by atoms with E-state index in [1.165, 1.54) is 13.3 Å². The van der Waals surface area contributed by atoms with Crippen LogP contribution in [0.1, 0.15) is 67.7 Å². The molecule has 0 spiro atoms. The lowest BCUT2D eigenvalue weighted by molar-refractivity contribution is -0.146. The number of rotatable bonds is 23. The summed E-state index contributed by atoms with van der Waals surface area (Å²) in [6.07, 6.45) is -2.46. The lowest BCUT2D eigenvalue weighted by Crippen LogP contribution is -2.47. The molecule has 0 aromatic carbocycles.